The molecule has 0 saturated heterocycles. The molecule has 0 unspecified atom stereocenters. The third-order valence-electron chi connectivity index (χ3n) is 3.55. The van der Waals surface area contributed by atoms with Crippen molar-refractivity contribution in [3.8, 4) is 22.6 Å². The van der Waals surface area contributed by atoms with Crippen LogP contribution in [0, 0.1) is 5.92 Å². The van der Waals surface area contributed by atoms with Gasteiger partial charge in [-0.05, 0) is 30.9 Å². The lowest BCUT2D eigenvalue weighted by molar-refractivity contribution is 0.174. The molecule has 1 saturated carbocycles. The fourth-order valence-electron chi connectivity index (χ4n) is 2.31. The van der Waals surface area contributed by atoms with Crippen LogP contribution in [0.5, 0.6) is 11.5 Å². The predicted octanol–water partition coefficient (Wildman–Crippen LogP) is 3.45. The average molecular weight is 321 g/mol. The van der Waals surface area contributed by atoms with Crippen LogP contribution in [0.25, 0.3) is 11.1 Å². The number of nitrogens with zero attached hydrogens (tertiary/aromatic N) is 2. The molecular formula is C14H13BrN2O2. The molecule has 0 radical (unpaired) electrons. The molecule has 5 heteroatoms. The first kappa shape index (κ1) is 11.3. The molecular weight excluding hydrogens is 308 g/mol. The van der Waals surface area contributed by atoms with E-state index in [4.69, 9.17) is 9.47 Å². The molecule has 1 aromatic heterocycles. The molecule has 0 N–H and O–H groups in total. The van der Waals surface area contributed by atoms with E-state index in [1.807, 2.05) is 23.0 Å². The fraction of sp³-hybridized carbons (Fsp3) is 0.357. The molecule has 1 aromatic carbocycles. The Labute approximate surface area is 119 Å². The molecule has 0 atom stereocenters. The first-order valence-corrected chi connectivity index (χ1v) is 7.21. The molecule has 0 bridgehead atoms. The van der Waals surface area contributed by atoms with E-state index in [9.17, 15) is 0 Å². The Morgan fingerprint density at radius 2 is 2.05 bits per heavy atom. The Morgan fingerprint density at radius 3 is 2.84 bits per heavy atom. The molecule has 2 heterocycles. The minimum Gasteiger partial charge on any atom is -0.454 e. The Kier molecular flexibility index (Phi) is 2.55. The lowest BCUT2D eigenvalue weighted by Gasteiger charge is -2.04. The minimum absolute atomic E-state index is 0.298. The second kappa shape index (κ2) is 4.27. The number of rotatable bonds is 3. The molecule has 0 amide bonds. The smallest absolute Gasteiger partial charge is 0.231 e. The van der Waals surface area contributed by atoms with Crippen LogP contribution < -0.4 is 9.47 Å². The van der Waals surface area contributed by atoms with Crippen molar-refractivity contribution in [2.75, 3.05) is 6.79 Å². The van der Waals surface area contributed by atoms with Gasteiger partial charge in [0, 0.05) is 28.3 Å². The van der Waals surface area contributed by atoms with E-state index in [1.165, 1.54) is 12.8 Å². The van der Waals surface area contributed by atoms with Crippen LogP contribution in [0.2, 0.25) is 0 Å². The van der Waals surface area contributed by atoms with E-state index in [0.29, 0.717) is 6.79 Å². The average Bonchev–Trinajstić information content (AvgIpc) is 2.89. The molecule has 1 fully saturated rings. The number of benzene rings is 1. The van der Waals surface area contributed by atoms with Gasteiger partial charge < -0.3 is 9.47 Å². The summed E-state index contributed by atoms with van der Waals surface area (Å²) in [5, 5.41) is 4.43. The maximum absolute atomic E-state index is 5.43. The zero-order chi connectivity index (χ0) is 12.8. The first-order chi connectivity index (χ1) is 9.29. The summed E-state index contributed by atoms with van der Waals surface area (Å²) in [4.78, 5) is 0. The van der Waals surface area contributed by atoms with Crippen molar-refractivity contribution in [3.05, 3.63) is 29.0 Å². The van der Waals surface area contributed by atoms with Gasteiger partial charge in [0.15, 0.2) is 11.5 Å². The lowest BCUT2D eigenvalue weighted by Crippen LogP contribution is -1.98. The van der Waals surface area contributed by atoms with Crippen molar-refractivity contribution in [1.82, 2.24) is 9.78 Å². The zero-order valence-corrected chi connectivity index (χ0v) is 11.9. The van der Waals surface area contributed by atoms with Crippen molar-refractivity contribution in [2.24, 2.45) is 5.92 Å². The molecule has 1 aliphatic heterocycles. The predicted molar refractivity (Wildman–Crippen MR) is 74.2 cm³/mol. The first-order valence-electron chi connectivity index (χ1n) is 6.41. The molecule has 1 aliphatic carbocycles. The van der Waals surface area contributed by atoms with E-state index in [-0.39, 0.29) is 0 Å². The summed E-state index contributed by atoms with van der Waals surface area (Å²) < 4.78 is 13.8. The van der Waals surface area contributed by atoms with Gasteiger partial charge in [0.25, 0.3) is 0 Å². The van der Waals surface area contributed by atoms with Gasteiger partial charge in [-0.15, -0.1) is 0 Å². The third kappa shape index (κ3) is 2.12. The third-order valence-corrected chi connectivity index (χ3v) is 4.20. The number of hydrogen-bond donors (Lipinski definition) is 0. The summed E-state index contributed by atoms with van der Waals surface area (Å²) in [5.74, 6) is 2.42. The Bertz CT molecular complexity index is 634. The number of fused-ring (bicyclic) bond motifs is 1. The van der Waals surface area contributed by atoms with Gasteiger partial charge in [-0.3, -0.25) is 4.68 Å². The lowest BCUT2D eigenvalue weighted by atomic mass is 10.1. The normalized spacial score (nSPS) is 16.9. The van der Waals surface area contributed by atoms with Crippen LogP contribution in [0.3, 0.4) is 0 Å². The molecule has 19 heavy (non-hydrogen) atoms. The number of hydrogen-bond acceptors (Lipinski definition) is 3. The molecule has 4 nitrogen and oxygen atoms in total. The topological polar surface area (TPSA) is 36.3 Å². The molecule has 2 aliphatic rings. The quantitative estimate of drug-likeness (QED) is 0.869. The molecule has 0 spiro atoms. The van der Waals surface area contributed by atoms with Crippen molar-refractivity contribution < 1.29 is 9.47 Å². The van der Waals surface area contributed by atoms with Gasteiger partial charge in [0.05, 0.1) is 6.20 Å². The standard InChI is InChI=1S/C14H13BrN2O2/c15-12-4-14-13(18-8-19-14)3-11(12)10-5-16-17(7-10)6-9-1-2-9/h3-5,7,9H,1-2,6,8H2. The molecule has 4 rings (SSSR count). The highest BCUT2D eigenvalue weighted by Crippen LogP contribution is 2.41. The summed E-state index contributed by atoms with van der Waals surface area (Å²) in [7, 11) is 0. The minimum atomic E-state index is 0.298. The summed E-state index contributed by atoms with van der Waals surface area (Å²) >= 11 is 3.59. The van der Waals surface area contributed by atoms with E-state index in [1.54, 1.807) is 0 Å². The molecule has 98 valence electrons. The van der Waals surface area contributed by atoms with E-state index in [2.05, 4.69) is 27.2 Å². The van der Waals surface area contributed by atoms with Gasteiger partial charge >= 0.3 is 0 Å². The van der Waals surface area contributed by atoms with E-state index >= 15 is 0 Å². The highest BCUT2D eigenvalue weighted by atomic mass is 79.9. The summed E-state index contributed by atoms with van der Waals surface area (Å²) in [6.07, 6.45) is 6.68. The largest absolute Gasteiger partial charge is 0.454 e. The van der Waals surface area contributed by atoms with Gasteiger partial charge in [-0.25, -0.2) is 0 Å². The van der Waals surface area contributed by atoms with Crippen molar-refractivity contribution >= 4 is 15.9 Å². The van der Waals surface area contributed by atoms with Crippen LogP contribution in [-0.2, 0) is 6.54 Å². The fourth-order valence-corrected chi connectivity index (χ4v) is 2.86. The van der Waals surface area contributed by atoms with Crippen LogP contribution in [0.15, 0.2) is 29.0 Å². The molecule has 2 aromatic rings. The Balaban J connectivity index is 1.69. The van der Waals surface area contributed by atoms with Crippen molar-refractivity contribution in [3.63, 3.8) is 0 Å². The number of ether oxygens (including phenoxy) is 2. The zero-order valence-electron chi connectivity index (χ0n) is 10.3. The monoisotopic (exact) mass is 320 g/mol. The van der Waals surface area contributed by atoms with E-state index in [0.717, 1.165) is 39.6 Å². The second-order valence-electron chi connectivity index (χ2n) is 5.08. The SMILES string of the molecule is Brc1cc2c(cc1-c1cnn(CC3CC3)c1)OCO2. The maximum atomic E-state index is 5.43. The number of aromatic nitrogens is 2. The van der Waals surface area contributed by atoms with Gasteiger partial charge in [0.1, 0.15) is 0 Å². The summed E-state index contributed by atoms with van der Waals surface area (Å²) in [6, 6.07) is 3.96. The van der Waals surface area contributed by atoms with Crippen molar-refractivity contribution in [1.29, 1.82) is 0 Å². The van der Waals surface area contributed by atoms with Gasteiger partial charge in [0.2, 0.25) is 6.79 Å². The van der Waals surface area contributed by atoms with Crippen molar-refractivity contribution in [2.45, 2.75) is 19.4 Å². The van der Waals surface area contributed by atoms with Crippen LogP contribution in [0.1, 0.15) is 12.8 Å². The summed E-state index contributed by atoms with van der Waals surface area (Å²) in [5.41, 5.74) is 2.19. The Hall–Kier alpha value is -1.49. The summed E-state index contributed by atoms with van der Waals surface area (Å²) in [6.45, 7) is 1.33. The van der Waals surface area contributed by atoms with Gasteiger partial charge in [-0.1, -0.05) is 15.9 Å². The van der Waals surface area contributed by atoms with Gasteiger partial charge in [-0.2, -0.15) is 5.10 Å². The van der Waals surface area contributed by atoms with Crippen LogP contribution in [-0.4, -0.2) is 16.6 Å². The Morgan fingerprint density at radius 1 is 1.26 bits per heavy atom. The maximum Gasteiger partial charge on any atom is 0.231 e. The van der Waals surface area contributed by atoms with E-state index < -0.39 is 0 Å². The second-order valence-corrected chi connectivity index (χ2v) is 5.93. The van der Waals surface area contributed by atoms with Crippen LogP contribution >= 0.6 is 15.9 Å². The number of halogens is 1. The van der Waals surface area contributed by atoms with Crippen LogP contribution in [0.4, 0.5) is 0 Å². The highest BCUT2D eigenvalue weighted by molar-refractivity contribution is 9.10. The highest BCUT2D eigenvalue weighted by Gasteiger charge is 2.22.